The molecule has 0 heterocycles. The molecule has 1 atom stereocenters. The standard InChI is InChI=1S/C10H20N/c1-2-10(11)8-9-6-4-3-5-7-9/h10H,2-8,11H2,1H3. The second kappa shape index (κ2) is 4.76. The van der Waals surface area contributed by atoms with E-state index in [0.717, 1.165) is 6.42 Å². The van der Waals surface area contributed by atoms with Crippen LogP contribution in [-0.2, 0) is 0 Å². The Kier molecular flexibility index (Phi) is 3.92. The van der Waals surface area contributed by atoms with Gasteiger partial charge in [0.2, 0.25) is 0 Å². The van der Waals surface area contributed by atoms with Crippen LogP contribution in [0.1, 0.15) is 51.9 Å². The average molecular weight is 154 g/mol. The zero-order chi connectivity index (χ0) is 8.10. The summed E-state index contributed by atoms with van der Waals surface area (Å²) in [5.74, 6) is 1.73. The fourth-order valence-electron chi connectivity index (χ4n) is 1.77. The van der Waals surface area contributed by atoms with E-state index in [2.05, 4.69) is 6.92 Å². The molecule has 2 N–H and O–H groups in total. The van der Waals surface area contributed by atoms with Gasteiger partial charge in [0.25, 0.3) is 0 Å². The summed E-state index contributed by atoms with van der Waals surface area (Å²) >= 11 is 0. The molecule has 1 aliphatic rings. The minimum absolute atomic E-state index is 0.433. The molecule has 1 heteroatoms. The molecule has 0 aromatic carbocycles. The van der Waals surface area contributed by atoms with Crippen LogP contribution in [0.25, 0.3) is 0 Å². The van der Waals surface area contributed by atoms with Crippen LogP contribution in [0, 0.1) is 5.92 Å². The maximum Gasteiger partial charge on any atom is 0.00416 e. The molecule has 1 unspecified atom stereocenters. The van der Waals surface area contributed by atoms with Crippen LogP contribution in [-0.4, -0.2) is 6.04 Å². The number of rotatable bonds is 3. The van der Waals surface area contributed by atoms with Crippen LogP contribution in [0.3, 0.4) is 0 Å². The lowest BCUT2D eigenvalue weighted by molar-refractivity contribution is 0.471. The van der Waals surface area contributed by atoms with Crippen molar-refractivity contribution in [3.05, 3.63) is 5.92 Å². The monoisotopic (exact) mass is 154 g/mol. The van der Waals surface area contributed by atoms with Gasteiger partial charge in [0.05, 0.1) is 0 Å². The van der Waals surface area contributed by atoms with Gasteiger partial charge in [-0.15, -0.1) is 0 Å². The first-order valence-corrected chi connectivity index (χ1v) is 4.92. The van der Waals surface area contributed by atoms with Crippen molar-refractivity contribution in [3.8, 4) is 0 Å². The van der Waals surface area contributed by atoms with Crippen LogP contribution < -0.4 is 5.73 Å². The normalized spacial score (nSPS) is 23.5. The summed E-state index contributed by atoms with van der Waals surface area (Å²) in [4.78, 5) is 0. The highest BCUT2D eigenvalue weighted by Gasteiger charge is 2.15. The van der Waals surface area contributed by atoms with Crippen LogP contribution in [0.5, 0.6) is 0 Å². The molecule has 0 aliphatic heterocycles. The van der Waals surface area contributed by atoms with Gasteiger partial charge in [-0.05, 0) is 31.6 Å². The first-order valence-electron chi connectivity index (χ1n) is 4.92. The molecular formula is C10H20N. The van der Waals surface area contributed by atoms with E-state index in [-0.39, 0.29) is 0 Å². The summed E-state index contributed by atoms with van der Waals surface area (Å²) in [6, 6.07) is 0.433. The van der Waals surface area contributed by atoms with E-state index in [1.165, 1.54) is 38.5 Å². The Morgan fingerprint density at radius 2 is 1.91 bits per heavy atom. The Morgan fingerprint density at radius 1 is 1.27 bits per heavy atom. The first kappa shape index (κ1) is 9.05. The molecular weight excluding hydrogens is 134 g/mol. The Balaban J connectivity index is 2.13. The molecule has 0 bridgehead atoms. The van der Waals surface area contributed by atoms with Crippen LogP contribution in [0.15, 0.2) is 0 Å². The molecule has 1 radical (unpaired) electrons. The summed E-state index contributed by atoms with van der Waals surface area (Å²) in [6.45, 7) is 2.17. The molecule has 0 aromatic heterocycles. The van der Waals surface area contributed by atoms with Crippen LogP contribution in [0.4, 0.5) is 0 Å². The molecule has 1 rings (SSSR count). The predicted molar refractivity (Wildman–Crippen MR) is 49.2 cm³/mol. The zero-order valence-corrected chi connectivity index (χ0v) is 7.60. The van der Waals surface area contributed by atoms with Gasteiger partial charge in [-0.1, -0.05) is 26.2 Å². The molecule has 1 nitrogen and oxygen atoms in total. The fourth-order valence-corrected chi connectivity index (χ4v) is 1.77. The molecule has 1 fully saturated rings. The lowest BCUT2D eigenvalue weighted by atomic mass is 9.84. The zero-order valence-electron chi connectivity index (χ0n) is 7.60. The number of hydrogen-bond donors (Lipinski definition) is 1. The molecule has 0 spiro atoms. The molecule has 1 saturated carbocycles. The van der Waals surface area contributed by atoms with Gasteiger partial charge in [-0.2, -0.15) is 0 Å². The summed E-state index contributed by atoms with van der Waals surface area (Å²) in [5, 5.41) is 0. The van der Waals surface area contributed by atoms with Crippen LogP contribution in [0.2, 0.25) is 0 Å². The van der Waals surface area contributed by atoms with Gasteiger partial charge in [-0.25, -0.2) is 0 Å². The molecule has 1 aliphatic carbocycles. The highest BCUT2D eigenvalue weighted by molar-refractivity contribution is 4.94. The van der Waals surface area contributed by atoms with Crippen molar-refractivity contribution in [3.63, 3.8) is 0 Å². The van der Waals surface area contributed by atoms with Gasteiger partial charge in [0.1, 0.15) is 0 Å². The van der Waals surface area contributed by atoms with Gasteiger partial charge < -0.3 is 5.73 Å². The number of nitrogens with two attached hydrogens (primary N) is 1. The summed E-state index contributed by atoms with van der Waals surface area (Å²) < 4.78 is 0. The maximum atomic E-state index is 5.88. The first-order chi connectivity index (χ1) is 5.33. The van der Waals surface area contributed by atoms with E-state index in [4.69, 9.17) is 5.73 Å². The third-order valence-corrected chi connectivity index (χ3v) is 2.64. The van der Waals surface area contributed by atoms with E-state index in [1.807, 2.05) is 0 Å². The molecule has 11 heavy (non-hydrogen) atoms. The van der Waals surface area contributed by atoms with Crippen molar-refractivity contribution in [1.29, 1.82) is 0 Å². The van der Waals surface area contributed by atoms with E-state index < -0.39 is 0 Å². The molecule has 0 saturated heterocycles. The minimum atomic E-state index is 0.433. The quantitative estimate of drug-likeness (QED) is 0.664. The Bertz CT molecular complexity index is 95.0. The summed E-state index contributed by atoms with van der Waals surface area (Å²) in [7, 11) is 0. The summed E-state index contributed by atoms with van der Waals surface area (Å²) in [5.41, 5.74) is 5.88. The van der Waals surface area contributed by atoms with Crippen molar-refractivity contribution in [2.45, 2.75) is 57.9 Å². The Labute approximate surface area is 70.4 Å². The van der Waals surface area contributed by atoms with Crippen molar-refractivity contribution in [2.75, 3.05) is 0 Å². The van der Waals surface area contributed by atoms with Crippen molar-refractivity contribution >= 4 is 0 Å². The maximum absolute atomic E-state index is 5.88. The third kappa shape index (κ3) is 3.24. The summed E-state index contributed by atoms with van der Waals surface area (Å²) in [6.07, 6.45) is 9.28. The largest absolute Gasteiger partial charge is 0.328 e. The second-order valence-electron chi connectivity index (χ2n) is 3.68. The van der Waals surface area contributed by atoms with E-state index in [1.54, 1.807) is 5.92 Å². The highest BCUT2D eigenvalue weighted by Crippen LogP contribution is 2.29. The van der Waals surface area contributed by atoms with Crippen molar-refractivity contribution in [1.82, 2.24) is 0 Å². The van der Waals surface area contributed by atoms with Gasteiger partial charge in [0.15, 0.2) is 0 Å². The highest BCUT2D eigenvalue weighted by atomic mass is 14.6. The van der Waals surface area contributed by atoms with Gasteiger partial charge in [0, 0.05) is 6.04 Å². The molecule has 0 amide bonds. The van der Waals surface area contributed by atoms with Gasteiger partial charge in [-0.3, -0.25) is 0 Å². The van der Waals surface area contributed by atoms with Crippen molar-refractivity contribution in [2.24, 2.45) is 5.73 Å². The minimum Gasteiger partial charge on any atom is -0.328 e. The third-order valence-electron chi connectivity index (χ3n) is 2.64. The van der Waals surface area contributed by atoms with Crippen LogP contribution >= 0.6 is 0 Å². The predicted octanol–water partition coefficient (Wildman–Crippen LogP) is 2.65. The van der Waals surface area contributed by atoms with E-state index in [0.29, 0.717) is 6.04 Å². The lowest BCUT2D eigenvalue weighted by Gasteiger charge is -2.23. The average Bonchev–Trinajstić information content (AvgIpc) is 2.06. The van der Waals surface area contributed by atoms with E-state index in [9.17, 15) is 0 Å². The smallest absolute Gasteiger partial charge is 0.00416 e. The van der Waals surface area contributed by atoms with E-state index >= 15 is 0 Å². The van der Waals surface area contributed by atoms with Gasteiger partial charge >= 0.3 is 0 Å². The Morgan fingerprint density at radius 3 is 2.45 bits per heavy atom. The molecule has 0 aromatic rings. The number of hydrogen-bond acceptors (Lipinski definition) is 1. The lowest BCUT2D eigenvalue weighted by Crippen LogP contribution is -2.22. The molecule has 65 valence electrons. The Hall–Kier alpha value is -0.0400. The van der Waals surface area contributed by atoms with Crippen molar-refractivity contribution < 1.29 is 0 Å². The second-order valence-corrected chi connectivity index (χ2v) is 3.68. The fraction of sp³-hybridized carbons (Fsp3) is 0.900. The topological polar surface area (TPSA) is 26.0 Å². The SMILES string of the molecule is CCC(N)C[C]1CCCCC1.